The van der Waals surface area contributed by atoms with E-state index >= 15 is 0 Å². The largest absolute Gasteiger partial charge is 0.481 e. The minimum absolute atomic E-state index is 0.346. The molecule has 0 radical (unpaired) electrons. The van der Waals surface area contributed by atoms with Gasteiger partial charge in [-0.3, -0.25) is 4.79 Å². The monoisotopic (exact) mass is 384 g/mol. The summed E-state index contributed by atoms with van der Waals surface area (Å²) in [6, 6.07) is 0. The van der Waals surface area contributed by atoms with Crippen LogP contribution in [0.5, 0.6) is 0 Å². The Bertz CT molecular complexity index is 263. The van der Waals surface area contributed by atoms with Crippen LogP contribution in [0.4, 0.5) is 0 Å². The van der Waals surface area contributed by atoms with Gasteiger partial charge in [0.05, 0.1) is 0 Å². The first-order chi connectivity index (χ1) is 13.2. The van der Waals surface area contributed by atoms with Crippen LogP contribution in [0.25, 0.3) is 0 Å². The van der Waals surface area contributed by atoms with Gasteiger partial charge in [0.25, 0.3) is 0 Å². The Morgan fingerprint density at radius 1 is 0.481 bits per heavy atom. The Kier molecular flexibility index (Phi) is 29.4. The highest BCUT2D eigenvalue weighted by Gasteiger charge is 1.97. The van der Waals surface area contributed by atoms with Crippen molar-refractivity contribution in [3.05, 3.63) is 0 Å². The lowest BCUT2D eigenvalue weighted by atomic mass is 10.0. The Morgan fingerprint density at radius 2 is 0.704 bits per heavy atom. The van der Waals surface area contributed by atoms with Gasteiger partial charge in [-0.05, 0) is 6.42 Å². The fraction of sp³-hybridized carbons (Fsp3) is 0.960. The molecule has 0 aliphatic heterocycles. The van der Waals surface area contributed by atoms with E-state index in [0.29, 0.717) is 6.42 Å². The third kappa shape index (κ3) is 33.5. The van der Waals surface area contributed by atoms with E-state index in [1.54, 1.807) is 0 Å². The summed E-state index contributed by atoms with van der Waals surface area (Å²) in [6.07, 6.45) is 27.3. The van der Waals surface area contributed by atoms with E-state index in [1.165, 1.54) is 116 Å². The Morgan fingerprint density at radius 3 is 0.926 bits per heavy atom. The number of aliphatic carboxylic acids is 1. The van der Waals surface area contributed by atoms with Crippen LogP contribution in [0, 0.1) is 0 Å². The molecule has 2 heteroatoms. The molecule has 0 aliphatic rings. The van der Waals surface area contributed by atoms with Gasteiger partial charge in [-0.1, -0.05) is 143 Å². The van der Waals surface area contributed by atoms with Gasteiger partial charge >= 0.3 is 5.97 Å². The Balaban J connectivity index is 0. The number of carboxylic acid groups (broad SMARTS) is 1. The lowest BCUT2D eigenvalue weighted by Gasteiger charge is -2.03. The van der Waals surface area contributed by atoms with Gasteiger partial charge in [0.1, 0.15) is 0 Å². The van der Waals surface area contributed by atoms with E-state index < -0.39 is 5.97 Å². The maximum Gasteiger partial charge on any atom is 0.303 e. The summed E-state index contributed by atoms with van der Waals surface area (Å²) >= 11 is 0. The Labute approximate surface area is 171 Å². The van der Waals surface area contributed by atoms with Crippen LogP contribution < -0.4 is 0 Å². The molecule has 0 saturated carbocycles. The average molecular weight is 385 g/mol. The van der Waals surface area contributed by atoms with Crippen LogP contribution in [0.1, 0.15) is 156 Å². The van der Waals surface area contributed by atoms with Crippen LogP contribution in [-0.4, -0.2) is 11.1 Å². The number of hydrogen-bond acceptors (Lipinski definition) is 1. The molecule has 0 atom stereocenters. The van der Waals surface area contributed by atoms with Gasteiger partial charge in [0, 0.05) is 6.42 Å². The third-order valence-corrected chi connectivity index (χ3v) is 4.99. The minimum Gasteiger partial charge on any atom is -0.481 e. The van der Waals surface area contributed by atoms with E-state index in [4.69, 9.17) is 5.11 Å². The van der Waals surface area contributed by atoms with E-state index in [0.717, 1.165) is 12.8 Å². The molecule has 0 amide bonds. The second-order valence-corrected chi connectivity index (χ2v) is 8.21. The lowest BCUT2D eigenvalue weighted by Crippen LogP contribution is -1.93. The summed E-state index contributed by atoms with van der Waals surface area (Å²) in [4.78, 5) is 10.4. The van der Waals surface area contributed by atoms with Crippen molar-refractivity contribution < 1.29 is 9.90 Å². The highest BCUT2D eigenvalue weighted by atomic mass is 16.4. The highest BCUT2D eigenvalue weighted by molar-refractivity contribution is 5.66. The normalized spacial score (nSPS) is 10.5. The molecule has 0 saturated heterocycles. The predicted molar refractivity (Wildman–Crippen MR) is 122 cm³/mol. The topological polar surface area (TPSA) is 37.3 Å². The quantitative estimate of drug-likeness (QED) is 0.212. The standard InChI is InChI=1S/C22H44O2.C3H8/c1-2-3-4-5-6-7-8-9-10-11-12-13-14-15-16-17-18-19-20-21-22(23)24;1-3-2/h2-21H2,1H3,(H,23,24);3H2,1-2H3. The number of hydrogen-bond donors (Lipinski definition) is 1. The van der Waals surface area contributed by atoms with Gasteiger partial charge in [0.2, 0.25) is 0 Å². The zero-order valence-electron chi connectivity index (χ0n) is 19.2. The molecule has 0 aliphatic carbocycles. The molecule has 0 bridgehead atoms. The number of rotatable bonds is 20. The van der Waals surface area contributed by atoms with Crippen LogP contribution >= 0.6 is 0 Å². The summed E-state index contributed by atoms with van der Waals surface area (Å²) in [6.45, 7) is 6.53. The molecule has 0 aromatic heterocycles. The second kappa shape index (κ2) is 27.7. The van der Waals surface area contributed by atoms with Crippen molar-refractivity contribution in [1.29, 1.82) is 0 Å². The van der Waals surface area contributed by atoms with E-state index in [2.05, 4.69) is 20.8 Å². The molecule has 0 heterocycles. The van der Waals surface area contributed by atoms with E-state index in [-0.39, 0.29) is 0 Å². The van der Waals surface area contributed by atoms with Crippen molar-refractivity contribution in [3.63, 3.8) is 0 Å². The summed E-state index contributed by atoms with van der Waals surface area (Å²) in [5.41, 5.74) is 0. The van der Waals surface area contributed by atoms with Crippen molar-refractivity contribution >= 4 is 5.97 Å². The molecule has 0 aromatic carbocycles. The van der Waals surface area contributed by atoms with Crippen LogP contribution in [0.15, 0.2) is 0 Å². The molecule has 0 unspecified atom stereocenters. The van der Waals surface area contributed by atoms with E-state index in [1.807, 2.05) is 0 Å². The molecule has 2 nitrogen and oxygen atoms in total. The van der Waals surface area contributed by atoms with Crippen molar-refractivity contribution in [3.8, 4) is 0 Å². The summed E-state index contributed by atoms with van der Waals surface area (Å²) in [7, 11) is 0. The molecular weight excluding hydrogens is 332 g/mol. The SMILES string of the molecule is CCC.CCCCCCCCCCCCCCCCCCCCCC(=O)O. The molecule has 1 N–H and O–H groups in total. The first kappa shape index (κ1) is 28.7. The average Bonchev–Trinajstić information content (AvgIpc) is 2.64. The molecule has 0 rings (SSSR count). The maximum absolute atomic E-state index is 10.4. The van der Waals surface area contributed by atoms with Crippen molar-refractivity contribution in [2.75, 3.05) is 0 Å². The molecule has 0 aromatic rings. The van der Waals surface area contributed by atoms with Crippen LogP contribution in [0.2, 0.25) is 0 Å². The highest BCUT2D eigenvalue weighted by Crippen LogP contribution is 2.14. The van der Waals surface area contributed by atoms with Crippen LogP contribution in [0.3, 0.4) is 0 Å². The fourth-order valence-electron chi connectivity index (χ4n) is 3.35. The molecule has 27 heavy (non-hydrogen) atoms. The Hall–Kier alpha value is -0.530. The minimum atomic E-state index is -0.651. The zero-order valence-corrected chi connectivity index (χ0v) is 19.2. The van der Waals surface area contributed by atoms with Gasteiger partial charge in [-0.15, -0.1) is 0 Å². The van der Waals surface area contributed by atoms with E-state index in [9.17, 15) is 4.79 Å². The first-order valence-electron chi connectivity index (χ1n) is 12.4. The number of carbonyl (C=O) groups is 1. The first-order valence-corrected chi connectivity index (χ1v) is 12.4. The van der Waals surface area contributed by atoms with Gasteiger partial charge in [-0.25, -0.2) is 0 Å². The van der Waals surface area contributed by atoms with Gasteiger partial charge in [-0.2, -0.15) is 0 Å². The van der Waals surface area contributed by atoms with Crippen molar-refractivity contribution in [1.82, 2.24) is 0 Å². The predicted octanol–water partition coefficient (Wildman–Crippen LogP) is 9.31. The molecular formula is C25H52O2. The molecule has 0 fully saturated rings. The summed E-state index contributed by atoms with van der Waals surface area (Å²) in [5, 5.41) is 8.56. The number of carboxylic acids is 1. The molecule has 164 valence electrons. The summed E-state index contributed by atoms with van der Waals surface area (Å²) in [5.74, 6) is -0.651. The smallest absolute Gasteiger partial charge is 0.303 e. The summed E-state index contributed by atoms with van der Waals surface area (Å²) < 4.78 is 0. The van der Waals surface area contributed by atoms with Gasteiger partial charge < -0.3 is 5.11 Å². The van der Waals surface area contributed by atoms with Gasteiger partial charge in [0.15, 0.2) is 0 Å². The third-order valence-electron chi connectivity index (χ3n) is 4.99. The second-order valence-electron chi connectivity index (χ2n) is 8.21. The number of unbranched alkanes of at least 4 members (excludes halogenated alkanes) is 18. The molecule has 0 spiro atoms. The zero-order chi connectivity index (χ0) is 20.4. The fourth-order valence-corrected chi connectivity index (χ4v) is 3.35. The van der Waals surface area contributed by atoms with Crippen molar-refractivity contribution in [2.24, 2.45) is 0 Å². The van der Waals surface area contributed by atoms with Crippen molar-refractivity contribution in [2.45, 2.75) is 156 Å². The lowest BCUT2D eigenvalue weighted by molar-refractivity contribution is -0.137. The maximum atomic E-state index is 10.4. The van der Waals surface area contributed by atoms with Crippen LogP contribution in [-0.2, 0) is 4.79 Å².